The van der Waals surface area contributed by atoms with Crippen LogP contribution in [-0.4, -0.2) is 19.8 Å². The summed E-state index contributed by atoms with van der Waals surface area (Å²) >= 11 is 0. The quantitative estimate of drug-likeness (QED) is 0.772. The molecular weight excluding hydrogens is 238 g/mol. The summed E-state index contributed by atoms with van der Waals surface area (Å²) in [6, 6.07) is 0.688. The van der Waals surface area contributed by atoms with Crippen LogP contribution < -0.4 is 10.1 Å². The second-order valence-corrected chi connectivity index (χ2v) is 3.83. The number of halogens is 4. The van der Waals surface area contributed by atoms with Crippen molar-refractivity contribution >= 4 is 0 Å². The number of methoxy groups -OCH3 is 1. The predicted octanol–water partition coefficient (Wildman–Crippen LogP) is 2.58. The minimum Gasteiger partial charge on any atom is -0.494 e. The fourth-order valence-corrected chi connectivity index (χ4v) is 2.04. The van der Waals surface area contributed by atoms with Crippen molar-refractivity contribution in [1.29, 1.82) is 0 Å². The first-order chi connectivity index (χ1) is 7.95. The molecule has 1 heterocycles. The monoisotopic (exact) mass is 249 g/mol. The van der Waals surface area contributed by atoms with Crippen molar-refractivity contribution < 1.29 is 22.3 Å². The third kappa shape index (κ3) is 2.09. The van der Waals surface area contributed by atoms with E-state index in [1.54, 1.807) is 0 Å². The van der Waals surface area contributed by atoms with Crippen LogP contribution in [0.5, 0.6) is 5.75 Å². The maximum atomic E-state index is 13.8. The maximum absolute atomic E-state index is 13.8. The Morgan fingerprint density at radius 3 is 2.65 bits per heavy atom. The van der Waals surface area contributed by atoms with Crippen LogP contribution in [0.2, 0.25) is 0 Å². The number of hydrogen-bond acceptors (Lipinski definition) is 2. The first-order valence-electron chi connectivity index (χ1n) is 5.10. The molecule has 1 aromatic carbocycles. The predicted molar refractivity (Wildman–Crippen MR) is 53.5 cm³/mol. The molecule has 1 aliphatic rings. The van der Waals surface area contributed by atoms with E-state index in [2.05, 4.69) is 5.32 Å². The fourth-order valence-electron chi connectivity index (χ4n) is 2.04. The molecule has 2 rings (SSSR count). The van der Waals surface area contributed by atoms with Gasteiger partial charge in [-0.05, 0) is 23.6 Å². The molecule has 0 fully saturated rings. The Hall–Kier alpha value is -1.30. The molecule has 1 aliphatic heterocycles. The zero-order chi connectivity index (χ0) is 12.6. The van der Waals surface area contributed by atoms with E-state index in [9.17, 15) is 17.6 Å². The molecule has 1 atom stereocenters. The largest absolute Gasteiger partial charge is 0.494 e. The highest BCUT2D eigenvalue weighted by Gasteiger charge is 2.43. The van der Waals surface area contributed by atoms with Crippen molar-refractivity contribution in [1.82, 2.24) is 5.32 Å². The Bertz CT molecular complexity index is 430. The SMILES string of the molecule is COc1ccc2c(c1F)CCNC2C(F)(F)F. The first kappa shape index (κ1) is 12.2. The minimum absolute atomic E-state index is 0.0217. The molecule has 0 aliphatic carbocycles. The lowest BCUT2D eigenvalue weighted by Gasteiger charge is -2.29. The Balaban J connectivity index is 2.50. The Labute approximate surface area is 95.6 Å². The van der Waals surface area contributed by atoms with Crippen LogP contribution in [0.4, 0.5) is 17.6 Å². The first-order valence-corrected chi connectivity index (χ1v) is 5.10. The van der Waals surface area contributed by atoms with Crippen molar-refractivity contribution in [2.75, 3.05) is 13.7 Å². The molecule has 1 N–H and O–H groups in total. The standard InChI is InChI=1S/C11H11F4NO/c1-17-8-3-2-7-6(9(8)12)4-5-16-10(7)11(13,14)15/h2-3,10,16H,4-5H2,1H3. The molecular formula is C11H11F4NO. The average molecular weight is 249 g/mol. The van der Waals surface area contributed by atoms with Crippen LogP contribution in [0, 0.1) is 5.82 Å². The zero-order valence-corrected chi connectivity index (χ0v) is 9.07. The summed E-state index contributed by atoms with van der Waals surface area (Å²) in [6.07, 6.45) is -4.19. The van der Waals surface area contributed by atoms with Gasteiger partial charge in [0.2, 0.25) is 0 Å². The van der Waals surface area contributed by atoms with Gasteiger partial charge >= 0.3 is 6.18 Å². The summed E-state index contributed by atoms with van der Waals surface area (Å²) < 4.78 is 56.7. The van der Waals surface area contributed by atoms with E-state index in [0.29, 0.717) is 0 Å². The smallest absolute Gasteiger partial charge is 0.407 e. The van der Waals surface area contributed by atoms with Crippen molar-refractivity contribution in [3.8, 4) is 5.75 Å². The summed E-state index contributed by atoms with van der Waals surface area (Å²) in [5, 5.41) is 2.35. The summed E-state index contributed by atoms with van der Waals surface area (Å²) in [5.41, 5.74) is 0.0347. The Morgan fingerprint density at radius 2 is 2.06 bits per heavy atom. The second-order valence-electron chi connectivity index (χ2n) is 3.83. The van der Waals surface area contributed by atoms with Crippen molar-refractivity contribution in [3.63, 3.8) is 0 Å². The summed E-state index contributed by atoms with van der Waals surface area (Å²) in [5.74, 6) is -0.715. The summed E-state index contributed by atoms with van der Waals surface area (Å²) in [7, 11) is 1.28. The van der Waals surface area contributed by atoms with Gasteiger partial charge in [0.25, 0.3) is 0 Å². The van der Waals surface area contributed by atoms with E-state index >= 15 is 0 Å². The Morgan fingerprint density at radius 1 is 1.35 bits per heavy atom. The average Bonchev–Trinajstić information content (AvgIpc) is 2.28. The van der Waals surface area contributed by atoms with Crippen molar-refractivity contribution in [2.45, 2.75) is 18.6 Å². The Kier molecular flexibility index (Phi) is 2.99. The van der Waals surface area contributed by atoms with Crippen molar-refractivity contribution in [3.05, 3.63) is 29.1 Å². The second kappa shape index (κ2) is 4.18. The van der Waals surface area contributed by atoms with Crippen molar-refractivity contribution in [2.24, 2.45) is 0 Å². The van der Waals surface area contributed by atoms with E-state index in [1.807, 2.05) is 0 Å². The van der Waals surface area contributed by atoms with Gasteiger partial charge in [0.1, 0.15) is 6.04 Å². The molecule has 1 unspecified atom stereocenters. The van der Waals surface area contributed by atoms with Gasteiger partial charge in [0.15, 0.2) is 11.6 Å². The number of ether oxygens (including phenoxy) is 1. The minimum atomic E-state index is -4.42. The molecule has 0 amide bonds. The number of benzene rings is 1. The lowest BCUT2D eigenvalue weighted by Crippen LogP contribution is -2.39. The van der Waals surface area contributed by atoms with Crippen LogP contribution in [0.1, 0.15) is 17.2 Å². The van der Waals surface area contributed by atoms with Crippen LogP contribution >= 0.6 is 0 Å². The maximum Gasteiger partial charge on any atom is 0.407 e. The number of rotatable bonds is 1. The number of hydrogen-bond donors (Lipinski definition) is 1. The number of alkyl halides is 3. The molecule has 94 valence electrons. The molecule has 0 saturated carbocycles. The summed E-state index contributed by atoms with van der Waals surface area (Å²) in [6.45, 7) is 0.0985. The van der Waals surface area contributed by atoms with Gasteiger partial charge in [-0.1, -0.05) is 6.07 Å². The van der Waals surface area contributed by atoms with Gasteiger partial charge in [-0.2, -0.15) is 13.2 Å². The highest BCUT2D eigenvalue weighted by molar-refractivity contribution is 5.41. The molecule has 2 nitrogen and oxygen atoms in total. The van der Waals surface area contributed by atoms with Crippen LogP contribution in [0.25, 0.3) is 0 Å². The highest BCUT2D eigenvalue weighted by atomic mass is 19.4. The van der Waals surface area contributed by atoms with E-state index in [4.69, 9.17) is 4.74 Å². The van der Waals surface area contributed by atoms with E-state index in [1.165, 1.54) is 19.2 Å². The normalized spacial score (nSPS) is 19.9. The van der Waals surface area contributed by atoms with Gasteiger partial charge in [0.05, 0.1) is 7.11 Å². The molecule has 1 aromatic rings. The molecule has 17 heavy (non-hydrogen) atoms. The third-order valence-electron chi connectivity index (χ3n) is 2.83. The topological polar surface area (TPSA) is 21.3 Å². The highest BCUT2D eigenvalue weighted by Crippen LogP contribution is 2.38. The number of fused-ring (bicyclic) bond motifs is 1. The summed E-state index contributed by atoms with van der Waals surface area (Å²) in [4.78, 5) is 0. The van der Waals surface area contributed by atoms with E-state index in [-0.39, 0.29) is 29.8 Å². The fraction of sp³-hybridized carbons (Fsp3) is 0.455. The molecule has 6 heteroatoms. The van der Waals surface area contributed by atoms with Gasteiger partial charge in [0, 0.05) is 6.54 Å². The molecule has 0 radical (unpaired) electrons. The van der Waals surface area contributed by atoms with E-state index in [0.717, 1.165) is 0 Å². The lowest BCUT2D eigenvalue weighted by molar-refractivity contribution is -0.158. The molecule has 0 saturated heterocycles. The number of nitrogens with one attached hydrogen (secondary N) is 1. The molecule has 0 bridgehead atoms. The van der Waals surface area contributed by atoms with Gasteiger partial charge in [-0.3, -0.25) is 0 Å². The van der Waals surface area contributed by atoms with Crippen LogP contribution in [-0.2, 0) is 6.42 Å². The lowest BCUT2D eigenvalue weighted by atomic mass is 9.93. The molecule has 0 spiro atoms. The van der Waals surface area contributed by atoms with Gasteiger partial charge in [-0.15, -0.1) is 0 Å². The zero-order valence-electron chi connectivity index (χ0n) is 9.07. The van der Waals surface area contributed by atoms with Gasteiger partial charge < -0.3 is 10.1 Å². The van der Waals surface area contributed by atoms with Crippen LogP contribution in [0.3, 0.4) is 0 Å². The molecule has 0 aromatic heterocycles. The third-order valence-corrected chi connectivity index (χ3v) is 2.83. The van der Waals surface area contributed by atoms with Crippen LogP contribution in [0.15, 0.2) is 12.1 Å². The van der Waals surface area contributed by atoms with E-state index < -0.39 is 18.0 Å². The van der Waals surface area contributed by atoms with Gasteiger partial charge in [-0.25, -0.2) is 4.39 Å².